The monoisotopic (exact) mass is 345 g/mol. The number of amides is 1. The van der Waals surface area contributed by atoms with Crippen LogP contribution in [0.25, 0.3) is 0 Å². The van der Waals surface area contributed by atoms with Gasteiger partial charge in [-0.15, -0.1) is 0 Å². The van der Waals surface area contributed by atoms with Crippen molar-refractivity contribution in [2.45, 2.75) is 12.6 Å². The van der Waals surface area contributed by atoms with Gasteiger partial charge in [-0.05, 0) is 18.2 Å². The summed E-state index contributed by atoms with van der Waals surface area (Å²) in [5.41, 5.74) is -0.622. The third-order valence-electron chi connectivity index (χ3n) is 4.01. The highest BCUT2D eigenvalue weighted by Gasteiger charge is 2.30. The van der Waals surface area contributed by atoms with Crippen LogP contribution in [0.1, 0.15) is 12.0 Å². The van der Waals surface area contributed by atoms with E-state index in [0.717, 1.165) is 38.3 Å². The van der Waals surface area contributed by atoms with E-state index in [9.17, 15) is 18.0 Å². The Labute approximate surface area is 139 Å². The summed E-state index contributed by atoms with van der Waals surface area (Å²) in [6.07, 6.45) is -4.19. The van der Waals surface area contributed by atoms with Gasteiger partial charge in [0.2, 0.25) is 5.91 Å². The number of anilines is 1. The summed E-state index contributed by atoms with van der Waals surface area (Å²) in [6.45, 7) is 4.68. The van der Waals surface area contributed by atoms with Crippen molar-refractivity contribution in [3.05, 3.63) is 29.8 Å². The van der Waals surface area contributed by atoms with Gasteiger partial charge in [0.25, 0.3) is 0 Å². The number of aliphatic hydroxyl groups excluding tert-OH is 1. The van der Waals surface area contributed by atoms with Crippen LogP contribution in [0.2, 0.25) is 0 Å². The van der Waals surface area contributed by atoms with Gasteiger partial charge in [0, 0.05) is 51.4 Å². The number of rotatable bonds is 6. The molecule has 0 unspecified atom stereocenters. The standard InChI is InChI=1S/C16H22F3N3O2/c17-16(18,19)13-2-1-3-14(12-13)20-15(24)4-5-21-6-8-22(9-7-21)10-11-23/h1-3,12,23H,4-11H2,(H,20,24). The highest BCUT2D eigenvalue weighted by molar-refractivity contribution is 5.90. The Morgan fingerprint density at radius 3 is 2.33 bits per heavy atom. The fourth-order valence-electron chi connectivity index (χ4n) is 2.63. The van der Waals surface area contributed by atoms with Gasteiger partial charge in [-0.25, -0.2) is 0 Å². The molecule has 1 aliphatic rings. The number of hydrogen-bond donors (Lipinski definition) is 2. The smallest absolute Gasteiger partial charge is 0.395 e. The molecule has 0 spiro atoms. The van der Waals surface area contributed by atoms with Crippen molar-refractivity contribution in [1.29, 1.82) is 0 Å². The van der Waals surface area contributed by atoms with Gasteiger partial charge >= 0.3 is 6.18 Å². The number of carbonyl (C=O) groups excluding carboxylic acids is 1. The van der Waals surface area contributed by atoms with Crippen LogP contribution >= 0.6 is 0 Å². The lowest BCUT2D eigenvalue weighted by atomic mass is 10.2. The van der Waals surface area contributed by atoms with Crippen LogP contribution in [0.15, 0.2) is 24.3 Å². The third-order valence-corrected chi connectivity index (χ3v) is 4.01. The van der Waals surface area contributed by atoms with Gasteiger partial charge in [-0.2, -0.15) is 13.2 Å². The van der Waals surface area contributed by atoms with E-state index in [0.29, 0.717) is 13.1 Å². The number of nitrogens with one attached hydrogen (secondary N) is 1. The molecule has 1 saturated heterocycles. The van der Waals surface area contributed by atoms with Crippen molar-refractivity contribution in [3.63, 3.8) is 0 Å². The molecule has 1 amide bonds. The average molecular weight is 345 g/mol. The van der Waals surface area contributed by atoms with Gasteiger partial charge in [-0.1, -0.05) is 6.07 Å². The molecule has 24 heavy (non-hydrogen) atoms. The molecule has 2 N–H and O–H groups in total. The zero-order chi connectivity index (χ0) is 17.6. The molecule has 134 valence electrons. The summed E-state index contributed by atoms with van der Waals surface area (Å²) >= 11 is 0. The SMILES string of the molecule is O=C(CCN1CCN(CCO)CC1)Nc1cccc(C(F)(F)F)c1. The number of carbonyl (C=O) groups is 1. The lowest BCUT2D eigenvalue weighted by molar-refractivity contribution is -0.137. The molecule has 0 aliphatic carbocycles. The van der Waals surface area contributed by atoms with Crippen LogP contribution < -0.4 is 5.32 Å². The normalized spacial score (nSPS) is 17.0. The molecule has 0 bridgehead atoms. The van der Waals surface area contributed by atoms with Gasteiger partial charge in [-0.3, -0.25) is 9.69 Å². The van der Waals surface area contributed by atoms with Crippen molar-refractivity contribution in [2.75, 3.05) is 51.2 Å². The maximum atomic E-state index is 12.6. The van der Waals surface area contributed by atoms with Crippen LogP contribution in [0.3, 0.4) is 0 Å². The van der Waals surface area contributed by atoms with Crippen molar-refractivity contribution >= 4 is 11.6 Å². The fourth-order valence-corrected chi connectivity index (χ4v) is 2.63. The zero-order valence-corrected chi connectivity index (χ0v) is 13.4. The second-order valence-corrected chi connectivity index (χ2v) is 5.78. The van der Waals surface area contributed by atoms with Crippen LogP contribution in [-0.4, -0.2) is 66.7 Å². The molecule has 1 aromatic rings. The Morgan fingerprint density at radius 2 is 1.75 bits per heavy atom. The third kappa shape index (κ3) is 5.77. The summed E-state index contributed by atoms with van der Waals surface area (Å²) in [7, 11) is 0. The average Bonchev–Trinajstić information content (AvgIpc) is 2.54. The molecular formula is C16H22F3N3O2. The predicted molar refractivity (Wildman–Crippen MR) is 84.7 cm³/mol. The molecule has 1 fully saturated rings. The molecule has 2 rings (SSSR count). The number of benzene rings is 1. The lowest BCUT2D eigenvalue weighted by Crippen LogP contribution is -2.47. The quantitative estimate of drug-likeness (QED) is 0.823. The summed E-state index contributed by atoms with van der Waals surface area (Å²) in [5, 5.41) is 11.4. The van der Waals surface area contributed by atoms with E-state index < -0.39 is 11.7 Å². The first-order valence-corrected chi connectivity index (χ1v) is 7.91. The van der Waals surface area contributed by atoms with Gasteiger partial charge in [0.05, 0.1) is 12.2 Å². The van der Waals surface area contributed by atoms with Crippen molar-refractivity contribution < 1.29 is 23.1 Å². The van der Waals surface area contributed by atoms with Gasteiger partial charge in [0.1, 0.15) is 0 Å². The van der Waals surface area contributed by atoms with Gasteiger partial charge < -0.3 is 15.3 Å². The molecule has 0 aromatic heterocycles. The first-order valence-electron chi connectivity index (χ1n) is 7.91. The Hall–Kier alpha value is -1.64. The number of nitrogens with zero attached hydrogens (tertiary/aromatic N) is 2. The second kappa shape index (κ2) is 8.46. The number of β-amino-alcohol motifs (C(OH)–C–C–N with tert-alkyl or cyclic N) is 1. The number of piperazine rings is 1. The predicted octanol–water partition coefficient (Wildman–Crippen LogP) is 1.64. The number of halogens is 3. The number of alkyl halides is 3. The largest absolute Gasteiger partial charge is 0.416 e. The summed E-state index contributed by atoms with van der Waals surface area (Å²) in [6, 6.07) is 4.63. The Morgan fingerprint density at radius 1 is 1.12 bits per heavy atom. The Bertz CT molecular complexity index is 544. The van der Waals surface area contributed by atoms with E-state index in [4.69, 9.17) is 5.11 Å². The molecule has 0 radical (unpaired) electrons. The number of aliphatic hydroxyl groups is 1. The maximum Gasteiger partial charge on any atom is 0.416 e. The van der Waals surface area contributed by atoms with Crippen LogP contribution in [-0.2, 0) is 11.0 Å². The lowest BCUT2D eigenvalue weighted by Gasteiger charge is -2.34. The summed E-state index contributed by atoms with van der Waals surface area (Å²) in [5.74, 6) is -0.299. The van der Waals surface area contributed by atoms with Crippen molar-refractivity contribution in [3.8, 4) is 0 Å². The van der Waals surface area contributed by atoms with Gasteiger partial charge in [0.15, 0.2) is 0 Å². The topological polar surface area (TPSA) is 55.8 Å². The van der Waals surface area contributed by atoms with E-state index in [2.05, 4.69) is 15.1 Å². The minimum atomic E-state index is -4.42. The highest BCUT2D eigenvalue weighted by Crippen LogP contribution is 2.30. The van der Waals surface area contributed by atoms with Crippen LogP contribution in [0.4, 0.5) is 18.9 Å². The number of hydrogen-bond acceptors (Lipinski definition) is 4. The van der Waals surface area contributed by atoms with E-state index in [-0.39, 0.29) is 24.6 Å². The molecule has 1 heterocycles. The van der Waals surface area contributed by atoms with Crippen LogP contribution in [0.5, 0.6) is 0 Å². The molecular weight excluding hydrogens is 323 g/mol. The first kappa shape index (κ1) is 18.7. The highest BCUT2D eigenvalue weighted by atomic mass is 19.4. The van der Waals surface area contributed by atoms with Crippen molar-refractivity contribution in [2.24, 2.45) is 0 Å². The molecule has 1 aromatic carbocycles. The molecule has 1 aliphatic heterocycles. The Balaban J connectivity index is 1.76. The van der Waals surface area contributed by atoms with Crippen LogP contribution in [0, 0.1) is 0 Å². The van der Waals surface area contributed by atoms with Crippen molar-refractivity contribution in [1.82, 2.24) is 9.80 Å². The molecule has 0 saturated carbocycles. The minimum Gasteiger partial charge on any atom is -0.395 e. The van der Waals surface area contributed by atoms with E-state index >= 15 is 0 Å². The molecule has 5 nitrogen and oxygen atoms in total. The minimum absolute atomic E-state index is 0.138. The second-order valence-electron chi connectivity index (χ2n) is 5.78. The zero-order valence-electron chi connectivity index (χ0n) is 13.4. The van der Waals surface area contributed by atoms with E-state index in [1.165, 1.54) is 12.1 Å². The summed E-state index contributed by atoms with van der Waals surface area (Å²) < 4.78 is 37.9. The first-order chi connectivity index (χ1) is 11.4. The Kier molecular flexibility index (Phi) is 6.59. The van der Waals surface area contributed by atoms with E-state index in [1.54, 1.807) is 0 Å². The fraction of sp³-hybridized carbons (Fsp3) is 0.562. The summed E-state index contributed by atoms with van der Waals surface area (Å²) in [4.78, 5) is 16.2. The molecule has 8 heteroatoms. The van der Waals surface area contributed by atoms with E-state index in [1.807, 2.05) is 0 Å². The maximum absolute atomic E-state index is 12.6. The molecule has 0 atom stereocenters.